The van der Waals surface area contributed by atoms with E-state index in [1.807, 2.05) is 0 Å². The summed E-state index contributed by atoms with van der Waals surface area (Å²) in [6.07, 6.45) is 2.23. The van der Waals surface area contributed by atoms with E-state index < -0.39 is 0 Å². The van der Waals surface area contributed by atoms with Crippen molar-refractivity contribution < 1.29 is 14.3 Å². The van der Waals surface area contributed by atoms with Crippen LogP contribution in [0.5, 0.6) is 0 Å². The molecule has 4 nitrogen and oxygen atoms in total. The molecule has 1 heterocycles. The fourth-order valence-corrected chi connectivity index (χ4v) is 3.23. The van der Waals surface area contributed by atoms with Crippen molar-refractivity contribution in [3.05, 3.63) is 35.4 Å². The maximum Gasteiger partial charge on any atom is 0.338 e. The van der Waals surface area contributed by atoms with Crippen LogP contribution in [0, 0.1) is 0 Å². The molecule has 1 saturated heterocycles. The quantitative estimate of drug-likeness (QED) is 0.686. The van der Waals surface area contributed by atoms with Crippen LogP contribution in [0.25, 0.3) is 0 Å². The lowest BCUT2D eigenvalue weighted by molar-refractivity contribution is -0.00638. The largest absolute Gasteiger partial charge is 0.459 e. The van der Waals surface area contributed by atoms with Crippen LogP contribution in [0.4, 0.5) is 0 Å². The van der Waals surface area contributed by atoms with Crippen molar-refractivity contribution in [3.8, 4) is 0 Å². The van der Waals surface area contributed by atoms with Gasteiger partial charge in [0.05, 0.1) is 5.56 Å². The number of piperidine rings is 1. The van der Waals surface area contributed by atoms with Gasteiger partial charge in [-0.15, -0.1) is 0 Å². The van der Waals surface area contributed by atoms with E-state index >= 15 is 0 Å². The van der Waals surface area contributed by atoms with Crippen LogP contribution in [0.2, 0.25) is 0 Å². The molecule has 0 atom stereocenters. The number of hydrogen-bond donors (Lipinski definition) is 1. The van der Waals surface area contributed by atoms with Gasteiger partial charge in [0.1, 0.15) is 12.4 Å². The van der Waals surface area contributed by atoms with Crippen molar-refractivity contribution in [1.82, 2.24) is 5.32 Å². The van der Waals surface area contributed by atoms with Crippen LogP contribution in [0.3, 0.4) is 0 Å². The van der Waals surface area contributed by atoms with Crippen LogP contribution in [0.15, 0.2) is 24.3 Å². The maximum atomic E-state index is 12.2. The molecule has 0 radical (unpaired) electrons. The molecule has 0 aromatic heterocycles. The van der Waals surface area contributed by atoms with Gasteiger partial charge in [0, 0.05) is 29.5 Å². The second-order valence-electron chi connectivity index (χ2n) is 7.07. The third-order valence-electron chi connectivity index (χ3n) is 3.71. The van der Waals surface area contributed by atoms with Crippen molar-refractivity contribution in [1.29, 1.82) is 0 Å². The van der Waals surface area contributed by atoms with Crippen molar-refractivity contribution in [2.45, 2.75) is 57.7 Å². The minimum Gasteiger partial charge on any atom is -0.459 e. The molecule has 1 aliphatic rings. The van der Waals surface area contributed by atoms with Gasteiger partial charge in [0.15, 0.2) is 0 Å². The molecule has 0 saturated carbocycles. The number of carbonyl (C=O) groups is 2. The van der Waals surface area contributed by atoms with E-state index in [9.17, 15) is 9.59 Å². The second kappa shape index (κ2) is 5.60. The first kappa shape index (κ1) is 15.7. The third-order valence-corrected chi connectivity index (χ3v) is 3.71. The fourth-order valence-electron chi connectivity index (χ4n) is 3.23. The molecule has 114 valence electrons. The topological polar surface area (TPSA) is 55.4 Å². The molecule has 0 spiro atoms. The molecule has 2 rings (SSSR count). The van der Waals surface area contributed by atoms with E-state index in [0.29, 0.717) is 11.1 Å². The summed E-state index contributed by atoms with van der Waals surface area (Å²) in [5.41, 5.74) is 0.910. The van der Waals surface area contributed by atoms with Gasteiger partial charge in [-0.1, -0.05) is 12.1 Å². The van der Waals surface area contributed by atoms with Gasteiger partial charge in [-0.2, -0.15) is 0 Å². The Bertz CT molecular complexity index is 515. The molecule has 0 unspecified atom stereocenters. The highest BCUT2D eigenvalue weighted by atomic mass is 16.5. The summed E-state index contributed by atoms with van der Waals surface area (Å²) in [4.78, 5) is 22.8. The molecule has 1 N–H and O–H groups in total. The van der Waals surface area contributed by atoms with Crippen LogP contribution in [0.1, 0.15) is 61.3 Å². The maximum absolute atomic E-state index is 12.2. The summed E-state index contributed by atoms with van der Waals surface area (Å²) in [5.74, 6) is -0.328. The first-order valence-electron chi connectivity index (χ1n) is 7.26. The molecular weight excluding hydrogens is 266 g/mol. The van der Waals surface area contributed by atoms with Gasteiger partial charge in [-0.25, -0.2) is 4.79 Å². The van der Waals surface area contributed by atoms with Crippen molar-refractivity contribution >= 4 is 12.3 Å². The second-order valence-corrected chi connectivity index (χ2v) is 7.07. The van der Waals surface area contributed by atoms with Crippen LogP contribution in [-0.4, -0.2) is 29.4 Å². The number of hydrogen-bond acceptors (Lipinski definition) is 4. The number of esters is 1. The molecule has 1 fully saturated rings. The Hall–Kier alpha value is -1.68. The lowest BCUT2D eigenvalue weighted by atomic mass is 9.81. The van der Waals surface area contributed by atoms with Gasteiger partial charge in [0.25, 0.3) is 0 Å². The molecule has 1 aromatic rings. The normalized spacial score (nSPS) is 20.8. The predicted molar refractivity (Wildman–Crippen MR) is 81.6 cm³/mol. The van der Waals surface area contributed by atoms with E-state index in [4.69, 9.17) is 4.74 Å². The Kier molecular flexibility index (Phi) is 4.19. The first-order valence-corrected chi connectivity index (χ1v) is 7.26. The van der Waals surface area contributed by atoms with Gasteiger partial charge >= 0.3 is 5.97 Å². The fraction of sp³-hybridized carbons (Fsp3) is 0.529. The molecule has 21 heavy (non-hydrogen) atoms. The zero-order valence-electron chi connectivity index (χ0n) is 13.1. The summed E-state index contributed by atoms with van der Waals surface area (Å²) in [6, 6.07) is 6.51. The standard InChI is InChI=1S/C17H23NO3/c1-16(2)9-14(10-17(3,4)18-16)21-15(20)13-7-5-12(11-19)6-8-13/h5-8,11,14,18H,9-10H2,1-4H3. The summed E-state index contributed by atoms with van der Waals surface area (Å²) in [7, 11) is 0. The predicted octanol–water partition coefficient (Wildman–Crippen LogP) is 2.97. The van der Waals surface area contributed by atoms with Gasteiger partial charge in [0.2, 0.25) is 0 Å². The molecular formula is C17H23NO3. The lowest BCUT2D eigenvalue weighted by Gasteiger charge is -2.45. The van der Waals surface area contributed by atoms with E-state index in [1.54, 1.807) is 24.3 Å². The minimum absolute atomic E-state index is 0.0614. The Morgan fingerprint density at radius 2 is 1.67 bits per heavy atom. The highest BCUT2D eigenvalue weighted by Gasteiger charge is 2.39. The smallest absolute Gasteiger partial charge is 0.338 e. The molecule has 1 aliphatic heterocycles. The van der Waals surface area contributed by atoms with Gasteiger partial charge in [-0.05, 0) is 39.8 Å². The third kappa shape index (κ3) is 4.14. The van der Waals surface area contributed by atoms with Crippen LogP contribution in [-0.2, 0) is 4.74 Å². The molecule has 0 aliphatic carbocycles. The molecule has 4 heteroatoms. The highest BCUT2D eigenvalue weighted by Crippen LogP contribution is 2.30. The molecule has 1 aromatic carbocycles. The average molecular weight is 289 g/mol. The number of rotatable bonds is 3. The SMILES string of the molecule is CC1(C)CC(OC(=O)c2ccc(C=O)cc2)CC(C)(C)N1. The van der Waals surface area contributed by atoms with E-state index in [-0.39, 0.29) is 23.2 Å². The van der Waals surface area contributed by atoms with Crippen LogP contribution >= 0.6 is 0 Å². The Morgan fingerprint density at radius 3 is 2.14 bits per heavy atom. The van der Waals surface area contributed by atoms with Crippen molar-refractivity contribution in [2.75, 3.05) is 0 Å². The molecule has 0 amide bonds. The Balaban J connectivity index is 2.06. The number of aldehydes is 1. The Morgan fingerprint density at radius 1 is 1.14 bits per heavy atom. The summed E-state index contributed by atoms with van der Waals surface area (Å²) >= 11 is 0. The van der Waals surface area contributed by atoms with E-state index in [1.165, 1.54) is 0 Å². The number of benzene rings is 1. The zero-order chi connectivity index (χ0) is 15.7. The van der Waals surface area contributed by atoms with Gasteiger partial charge < -0.3 is 10.1 Å². The Labute approximate surface area is 125 Å². The highest BCUT2D eigenvalue weighted by molar-refractivity contribution is 5.90. The minimum atomic E-state index is -0.328. The summed E-state index contributed by atoms with van der Waals surface area (Å²) in [6.45, 7) is 8.47. The van der Waals surface area contributed by atoms with Crippen molar-refractivity contribution in [2.24, 2.45) is 0 Å². The van der Waals surface area contributed by atoms with Crippen molar-refractivity contribution in [3.63, 3.8) is 0 Å². The summed E-state index contributed by atoms with van der Waals surface area (Å²) in [5, 5.41) is 3.56. The summed E-state index contributed by atoms with van der Waals surface area (Å²) < 4.78 is 5.65. The van der Waals surface area contributed by atoms with Crippen LogP contribution < -0.4 is 5.32 Å². The van der Waals surface area contributed by atoms with Gasteiger partial charge in [-0.3, -0.25) is 4.79 Å². The zero-order valence-corrected chi connectivity index (χ0v) is 13.1. The number of carbonyl (C=O) groups excluding carboxylic acids is 2. The monoisotopic (exact) mass is 289 g/mol. The average Bonchev–Trinajstić information content (AvgIpc) is 2.35. The van der Waals surface area contributed by atoms with E-state index in [0.717, 1.165) is 19.1 Å². The number of nitrogens with one attached hydrogen (secondary N) is 1. The lowest BCUT2D eigenvalue weighted by Crippen LogP contribution is -2.59. The number of ether oxygens (including phenoxy) is 1. The van der Waals surface area contributed by atoms with E-state index in [2.05, 4.69) is 33.0 Å². The first-order chi connectivity index (χ1) is 9.71. The molecule has 0 bridgehead atoms.